The highest BCUT2D eigenvalue weighted by atomic mass is 127. The third-order valence-corrected chi connectivity index (χ3v) is 5.38. The standard InChI is InChI=1S/C19H37N5O.HI/c1-4-12-20-19(21-15-18(25)23(2)3)22-16-10-13-24(14-11-16)17-8-6-5-7-9-17;/h16-17H,4-15H2,1-3H3,(H2,20,21,22);1H. The SMILES string of the molecule is CCCNC(=NCC(=O)N(C)C)NC1CCN(C2CCCCC2)CC1.I. The lowest BCUT2D eigenvalue weighted by Crippen LogP contribution is -2.51. The summed E-state index contributed by atoms with van der Waals surface area (Å²) < 4.78 is 0. The number of carbonyl (C=O) groups is 1. The average Bonchev–Trinajstić information content (AvgIpc) is 2.64. The molecule has 26 heavy (non-hydrogen) atoms. The fraction of sp³-hybridized carbons (Fsp3) is 0.895. The summed E-state index contributed by atoms with van der Waals surface area (Å²) in [6.07, 6.45) is 10.4. The Kier molecular flexibility index (Phi) is 11.5. The van der Waals surface area contributed by atoms with E-state index < -0.39 is 0 Å². The highest BCUT2D eigenvalue weighted by molar-refractivity contribution is 14.0. The number of carbonyl (C=O) groups excluding carboxylic acids is 1. The number of guanidine groups is 1. The molecule has 2 aliphatic rings. The predicted molar refractivity (Wildman–Crippen MR) is 119 cm³/mol. The number of amides is 1. The molecule has 1 aliphatic heterocycles. The van der Waals surface area contributed by atoms with Crippen LogP contribution in [0.5, 0.6) is 0 Å². The van der Waals surface area contributed by atoms with Gasteiger partial charge in [0.2, 0.25) is 5.91 Å². The van der Waals surface area contributed by atoms with Crippen molar-refractivity contribution < 1.29 is 4.79 Å². The number of rotatable bonds is 6. The molecule has 0 aromatic heterocycles. The van der Waals surface area contributed by atoms with E-state index in [-0.39, 0.29) is 36.4 Å². The second-order valence-corrected chi connectivity index (χ2v) is 7.63. The fourth-order valence-corrected chi connectivity index (χ4v) is 3.73. The Morgan fingerprint density at radius 2 is 1.77 bits per heavy atom. The maximum Gasteiger partial charge on any atom is 0.243 e. The van der Waals surface area contributed by atoms with Crippen molar-refractivity contribution in [3.05, 3.63) is 0 Å². The zero-order valence-corrected chi connectivity index (χ0v) is 19.1. The Morgan fingerprint density at radius 1 is 1.12 bits per heavy atom. The fourth-order valence-electron chi connectivity index (χ4n) is 3.73. The third-order valence-electron chi connectivity index (χ3n) is 5.38. The van der Waals surface area contributed by atoms with Gasteiger partial charge in [-0.05, 0) is 32.1 Å². The van der Waals surface area contributed by atoms with Gasteiger partial charge in [-0.1, -0.05) is 26.2 Å². The minimum atomic E-state index is 0. The van der Waals surface area contributed by atoms with Gasteiger partial charge in [-0.2, -0.15) is 0 Å². The molecule has 1 aliphatic carbocycles. The molecule has 0 bridgehead atoms. The van der Waals surface area contributed by atoms with Crippen LogP contribution < -0.4 is 10.6 Å². The Hall–Kier alpha value is -0.570. The number of likely N-dealkylation sites (N-methyl/N-ethyl adjacent to an activating group) is 1. The van der Waals surface area contributed by atoms with Gasteiger partial charge in [-0.15, -0.1) is 24.0 Å². The van der Waals surface area contributed by atoms with Crippen LogP contribution in [-0.2, 0) is 4.79 Å². The third kappa shape index (κ3) is 7.98. The van der Waals surface area contributed by atoms with E-state index in [1.165, 1.54) is 45.2 Å². The van der Waals surface area contributed by atoms with Gasteiger partial charge in [0.1, 0.15) is 6.54 Å². The molecule has 0 atom stereocenters. The van der Waals surface area contributed by atoms with Crippen molar-refractivity contribution in [1.82, 2.24) is 20.4 Å². The second-order valence-electron chi connectivity index (χ2n) is 7.63. The number of hydrogen-bond donors (Lipinski definition) is 2. The van der Waals surface area contributed by atoms with Crippen LogP contribution in [0.15, 0.2) is 4.99 Å². The molecule has 0 aromatic rings. The normalized spacial score (nSPS) is 20.3. The molecule has 2 rings (SSSR count). The monoisotopic (exact) mass is 479 g/mol. The molecule has 2 N–H and O–H groups in total. The van der Waals surface area contributed by atoms with Crippen LogP contribution in [0, 0.1) is 0 Å². The molecule has 0 aromatic carbocycles. The van der Waals surface area contributed by atoms with Crippen LogP contribution >= 0.6 is 24.0 Å². The number of nitrogens with one attached hydrogen (secondary N) is 2. The lowest BCUT2D eigenvalue weighted by atomic mass is 9.92. The molecule has 152 valence electrons. The summed E-state index contributed by atoms with van der Waals surface area (Å²) in [7, 11) is 3.54. The van der Waals surface area contributed by atoms with Crippen LogP contribution in [0.25, 0.3) is 0 Å². The van der Waals surface area contributed by atoms with E-state index in [0.717, 1.165) is 37.8 Å². The topological polar surface area (TPSA) is 60.0 Å². The maximum atomic E-state index is 11.8. The zero-order valence-electron chi connectivity index (χ0n) is 16.8. The summed E-state index contributed by atoms with van der Waals surface area (Å²) in [6, 6.07) is 1.27. The summed E-state index contributed by atoms with van der Waals surface area (Å²) in [4.78, 5) is 20.5. The molecular formula is C19H38IN5O. The largest absolute Gasteiger partial charge is 0.356 e. The van der Waals surface area contributed by atoms with Gasteiger partial charge in [0.25, 0.3) is 0 Å². The molecular weight excluding hydrogens is 441 g/mol. The smallest absolute Gasteiger partial charge is 0.243 e. The highest BCUT2D eigenvalue weighted by Gasteiger charge is 2.26. The number of piperidine rings is 1. The van der Waals surface area contributed by atoms with Crippen LogP contribution in [0.4, 0.5) is 0 Å². The molecule has 1 amide bonds. The summed E-state index contributed by atoms with van der Waals surface area (Å²) >= 11 is 0. The van der Waals surface area contributed by atoms with Crippen molar-refractivity contribution in [2.45, 2.75) is 70.4 Å². The Bertz CT molecular complexity index is 430. The Balaban J connectivity index is 0.00000338. The van der Waals surface area contributed by atoms with E-state index in [9.17, 15) is 4.79 Å². The van der Waals surface area contributed by atoms with Crippen molar-refractivity contribution in [3.63, 3.8) is 0 Å². The minimum Gasteiger partial charge on any atom is -0.356 e. The maximum absolute atomic E-state index is 11.8. The molecule has 7 heteroatoms. The summed E-state index contributed by atoms with van der Waals surface area (Å²) in [5.41, 5.74) is 0. The molecule has 6 nitrogen and oxygen atoms in total. The van der Waals surface area contributed by atoms with Crippen molar-refractivity contribution in [1.29, 1.82) is 0 Å². The average molecular weight is 479 g/mol. The number of nitrogens with zero attached hydrogens (tertiary/aromatic N) is 3. The van der Waals surface area contributed by atoms with Gasteiger partial charge in [0.15, 0.2) is 5.96 Å². The Morgan fingerprint density at radius 3 is 2.35 bits per heavy atom. The molecule has 1 saturated heterocycles. The first-order chi connectivity index (χ1) is 12.1. The van der Waals surface area contributed by atoms with Crippen molar-refractivity contribution >= 4 is 35.8 Å². The quantitative estimate of drug-likeness (QED) is 0.349. The molecule has 2 fully saturated rings. The van der Waals surface area contributed by atoms with E-state index in [1.807, 2.05) is 0 Å². The summed E-state index contributed by atoms with van der Waals surface area (Å²) in [5, 5.41) is 6.89. The van der Waals surface area contributed by atoms with Crippen LogP contribution in [0.1, 0.15) is 58.3 Å². The van der Waals surface area contributed by atoms with Crippen LogP contribution in [-0.4, -0.2) is 74.0 Å². The Labute approximate surface area is 176 Å². The predicted octanol–water partition coefficient (Wildman–Crippen LogP) is 2.43. The summed E-state index contributed by atoms with van der Waals surface area (Å²) in [5.74, 6) is 0.817. The zero-order chi connectivity index (χ0) is 18.1. The molecule has 0 spiro atoms. The van der Waals surface area contributed by atoms with Crippen molar-refractivity contribution in [2.24, 2.45) is 4.99 Å². The number of hydrogen-bond acceptors (Lipinski definition) is 3. The highest BCUT2D eigenvalue weighted by Crippen LogP contribution is 2.25. The molecule has 1 heterocycles. The number of halogens is 1. The minimum absolute atomic E-state index is 0. The van der Waals surface area contributed by atoms with E-state index in [4.69, 9.17) is 0 Å². The van der Waals surface area contributed by atoms with Gasteiger partial charge in [-0.3, -0.25) is 4.79 Å². The molecule has 1 saturated carbocycles. The van der Waals surface area contributed by atoms with Crippen LogP contribution in [0.2, 0.25) is 0 Å². The number of aliphatic imine (C=N–C) groups is 1. The van der Waals surface area contributed by atoms with E-state index in [2.05, 4.69) is 27.4 Å². The van der Waals surface area contributed by atoms with Gasteiger partial charge < -0.3 is 20.4 Å². The van der Waals surface area contributed by atoms with Gasteiger partial charge in [0, 0.05) is 45.8 Å². The molecule has 0 radical (unpaired) electrons. The summed E-state index contributed by atoms with van der Waals surface area (Å²) in [6.45, 7) is 5.58. The van der Waals surface area contributed by atoms with Crippen LogP contribution in [0.3, 0.4) is 0 Å². The van der Waals surface area contributed by atoms with E-state index in [0.29, 0.717) is 6.04 Å². The first kappa shape index (κ1) is 23.5. The first-order valence-electron chi connectivity index (χ1n) is 10.1. The van der Waals surface area contributed by atoms with Gasteiger partial charge >= 0.3 is 0 Å². The molecule has 0 unspecified atom stereocenters. The lowest BCUT2D eigenvalue weighted by molar-refractivity contribution is -0.127. The second kappa shape index (κ2) is 12.8. The van der Waals surface area contributed by atoms with Gasteiger partial charge in [0.05, 0.1) is 0 Å². The van der Waals surface area contributed by atoms with Crippen molar-refractivity contribution in [3.8, 4) is 0 Å². The van der Waals surface area contributed by atoms with Crippen molar-refractivity contribution in [2.75, 3.05) is 40.3 Å². The van der Waals surface area contributed by atoms with Gasteiger partial charge in [-0.25, -0.2) is 4.99 Å². The lowest BCUT2D eigenvalue weighted by Gasteiger charge is -2.39. The van der Waals surface area contributed by atoms with E-state index in [1.54, 1.807) is 19.0 Å². The first-order valence-corrected chi connectivity index (χ1v) is 10.1. The number of likely N-dealkylation sites (tertiary alicyclic amines) is 1. The van der Waals surface area contributed by atoms with E-state index >= 15 is 0 Å².